The molecule has 0 amide bonds. The molecule has 2 rings (SSSR count). The molecule has 2 nitrogen and oxygen atoms in total. The summed E-state index contributed by atoms with van der Waals surface area (Å²) < 4.78 is 1.13. The fourth-order valence-electron chi connectivity index (χ4n) is 2.27. The summed E-state index contributed by atoms with van der Waals surface area (Å²) >= 11 is 3.47. The summed E-state index contributed by atoms with van der Waals surface area (Å²) in [7, 11) is 0. The van der Waals surface area contributed by atoms with Crippen molar-refractivity contribution in [3.63, 3.8) is 0 Å². The van der Waals surface area contributed by atoms with Crippen LogP contribution in [0.25, 0.3) is 0 Å². The van der Waals surface area contributed by atoms with E-state index in [1.54, 1.807) is 0 Å². The summed E-state index contributed by atoms with van der Waals surface area (Å²) in [5.74, 6) is 1.12. The van der Waals surface area contributed by atoms with Crippen LogP contribution in [0.1, 0.15) is 31.2 Å². The van der Waals surface area contributed by atoms with Gasteiger partial charge in [0.1, 0.15) is 5.78 Å². The molecule has 1 aromatic rings. The Balaban J connectivity index is 1.71. The van der Waals surface area contributed by atoms with Gasteiger partial charge in [-0.15, -0.1) is 0 Å². The normalized spacial score (nSPS) is 17.4. The lowest BCUT2D eigenvalue weighted by Crippen LogP contribution is -2.26. The molecule has 1 saturated carbocycles. The van der Waals surface area contributed by atoms with Gasteiger partial charge < -0.3 is 5.32 Å². The standard InChI is InChI=1S/C14H18BrNO/c15-13-3-1-2-12(8-13)10-16-9-11-4-6-14(17)7-5-11/h1-3,8,11,16H,4-7,9-10H2. The molecule has 17 heavy (non-hydrogen) atoms. The van der Waals surface area contributed by atoms with E-state index in [4.69, 9.17) is 0 Å². The maximum Gasteiger partial charge on any atom is 0.132 e. The predicted octanol–water partition coefficient (Wildman–Crippen LogP) is 3.30. The van der Waals surface area contributed by atoms with Crippen molar-refractivity contribution in [1.82, 2.24) is 5.32 Å². The quantitative estimate of drug-likeness (QED) is 0.923. The number of Topliss-reactive ketones (excluding diaryl/α,β-unsaturated/α-hetero) is 1. The van der Waals surface area contributed by atoms with Crippen molar-refractivity contribution in [3.8, 4) is 0 Å². The van der Waals surface area contributed by atoms with Gasteiger partial charge in [0, 0.05) is 23.9 Å². The van der Waals surface area contributed by atoms with E-state index in [9.17, 15) is 4.79 Å². The number of hydrogen-bond acceptors (Lipinski definition) is 2. The Bertz CT molecular complexity index is 382. The second-order valence-corrected chi connectivity index (χ2v) is 5.66. The summed E-state index contributed by atoms with van der Waals surface area (Å²) in [6.07, 6.45) is 3.68. The van der Waals surface area contributed by atoms with Gasteiger partial charge in [0.05, 0.1) is 0 Å². The highest BCUT2D eigenvalue weighted by molar-refractivity contribution is 9.10. The maximum absolute atomic E-state index is 11.1. The van der Waals surface area contributed by atoms with Gasteiger partial charge in [-0.05, 0) is 43.0 Å². The zero-order valence-electron chi connectivity index (χ0n) is 9.92. The molecule has 1 aliphatic carbocycles. The minimum absolute atomic E-state index is 0.438. The number of carbonyl (C=O) groups is 1. The molecule has 3 heteroatoms. The van der Waals surface area contributed by atoms with Gasteiger partial charge in [-0.2, -0.15) is 0 Å². The largest absolute Gasteiger partial charge is 0.312 e. The van der Waals surface area contributed by atoms with E-state index in [0.29, 0.717) is 11.7 Å². The van der Waals surface area contributed by atoms with Crippen LogP contribution in [0, 0.1) is 5.92 Å². The first-order valence-electron chi connectivity index (χ1n) is 6.21. The van der Waals surface area contributed by atoms with E-state index in [-0.39, 0.29) is 0 Å². The van der Waals surface area contributed by atoms with Crippen molar-refractivity contribution in [2.24, 2.45) is 5.92 Å². The lowest BCUT2D eigenvalue weighted by molar-refractivity contribution is -0.120. The highest BCUT2D eigenvalue weighted by atomic mass is 79.9. The topological polar surface area (TPSA) is 29.1 Å². The average molecular weight is 296 g/mol. The third kappa shape index (κ3) is 4.25. The number of rotatable bonds is 4. The van der Waals surface area contributed by atoms with Crippen molar-refractivity contribution in [2.75, 3.05) is 6.54 Å². The molecule has 1 fully saturated rings. The Morgan fingerprint density at radius 1 is 1.29 bits per heavy atom. The van der Waals surface area contributed by atoms with E-state index < -0.39 is 0 Å². The number of ketones is 1. The minimum Gasteiger partial charge on any atom is -0.312 e. The first kappa shape index (κ1) is 12.8. The number of nitrogens with one attached hydrogen (secondary N) is 1. The van der Waals surface area contributed by atoms with Crippen LogP contribution in [0.3, 0.4) is 0 Å². The smallest absolute Gasteiger partial charge is 0.132 e. The molecule has 0 aromatic heterocycles. The van der Waals surface area contributed by atoms with Crippen molar-refractivity contribution in [3.05, 3.63) is 34.3 Å². The monoisotopic (exact) mass is 295 g/mol. The van der Waals surface area contributed by atoms with Crippen LogP contribution < -0.4 is 5.32 Å². The number of carbonyl (C=O) groups excluding carboxylic acids is 1. The molecule has 0 radical (unpaired) electrons. The van der Waals surface area contributed by atoms with Gasteiger partial charge in [-0.1, -0.05) is 28.1 Å². The Hall–Kier alpha value is -0.670. The molecule has 0 aliphatic heterocycles. The zero-order chi connectivity index (χ0) is 12.1. The van der Waals surface area contributed by atoms with Gasteiger partial charge >= 0.3 is 0 Å². The number of hydrogen-bond donors (Lipinski definition) is 1. The highest BCUT2D eigenvalue weighted by Crippen LogP contribution is 2.20. The van der Waals surface area contributed by atoms with E-state index in [1.165, 1.54) is 5.56 Å². The predicted molar refractivity (Wildman–Crippen MR) is 72.8 cm³/mol. The first-order chi connectivity index (χ1) is 8.24. The average Bonchev–Trinajstić information content (AvgIpc) is 2.32. The Morgan fingerprint density at radius 3 is 2.76 bits per heavy atom. The van der Waals surface area contributed by atoms with Crippen LogP contribution in [0.2, 0.25) is 0 Å². The van der Waals surface area contributed by atoms with Crippen LogP contribution in [-0.4, -0.2) is 12.3 Å². The fourth-order valence-corrected chi connectivity index (χ4v) is 2.72. The molecular formula is C14H18BrNO. The molecule has 0 atom stereocenters. The summed E-state index contributed by atoms with van der Waals surface area (Å²) in [4.78, 5) is 11.1. The molecule has 0 saturated heterocycles. The molecule has 1 aromatic carbocycles. The summed E-state index contributed by atoms with van der Waals surface area (Å²) in [6.45, 7) is 1.93. The van der Waals surface area contributed by atoms with Gasteiger partial charge in [0.2, 0.25) is 0 Å². The molecule has 0 bridgehead atoms. The molecule has 1 aliphatic rings. The highest BCUT2D eigenvalue weighted by Gasteiger charge is 2.17. The van der Waals surface area contributed by atoms with E-state index in [1.807, 2.05) is 6.07 Å². The zero-order valence-corrected chi connectivity index (χ0v) is 11.5. The number of benzene rings is 1. The third-order valence-electron chi connectivity index (χ3n) is 3.31. The van der Waals surface area contributed by atoms with Crippen LogP contribution in [0.4, 0.5) is 0 Å². The molecule has 0 unspecified atom stereocenters. The fraction of sp³-hybridized carbons (Fsp3) is 0.500. The molecule has 0 spiro atoms. The summed E-state index contributed by atoms with van der Waals surface area (Å²) in [5.41, 5.74) is 1.30. The van der Waals surface area contributed by atoms with Crippen molar-refractivity contribution in [1.29, 1.82) is 0 Å². The number of halogens is 1. The van der Waals surface area contributed by atoms with Crippen molar-refractivity contribution in [2.45, 2.75) is 32.2 Å². The first-order valence-corrected chi connectivity index (χ1v) is 7.00. The Kier molecular flexibility index (Phi) is 4.75. The lowest BCUT2D eigenvalue weighted by atomic mass is 9.88. The van der Waals surface area contributed by atoms with Crippen LogP contribution in [0.5, 0.6) is 0 Å². The second kappa shape index (κ2) is 6.31. The van der Waals surface area contributed by atoms with Gasteiger partial charge in [0.15, 0.2) is 0 Å². The molecule has 92 valence electrons. The third-order valence-corrected chi connectivity index (χ3v) is 3.81. The van der Waals surface area contributed by atoms with Crippen LogP contribution >= 0.6 is 15.9 Å². The van der Waals surface area contributed by atoms with Gasteiger partial charge in [0.25, 0.3) is 0 Å². The second-order valence-electron chi connectivity index (χ2n) is 4.74. The lowest BCUT2D eigenvalue weighted by Gasteiger charge is -2.21. The molecule has 0 heterocycles. The van der Waals surface area contributed by atoms with Crippen LogP contribution in [-0.2, 0) is 11.3 Å². The Morgan fingerprint density at radius 2 is 2.06 bits per heavy atom. The van der Waals surface area contributed by atoms with Gasteiger partial charge in [-0.3, -0.25) is 4.79 Å². The minimum atomic E-state index is 0.438. The van der Waals surface area contributed by atoms with E-state index in [0.717, 1.165) is 43.2 Å². The Labute approximate surface area is 111 Å². The van der Waals surface area contributed by atoms with E-state index >= 15 is 0 Å². The summed E-state index contributed by atoms with van der Waals surface area (Å²) in [5, 5.41) is 3.48. The SMILES string of the molecule is O=C1CCC(CNCc2cccc(Br)c2)CC1. The van der Waals surface area contributed by atoms with Gasteiger partial charge in [-0.25, -0.2) is 0 Å². The molecular weight excluding hydrogens is 278 g/mol. The summed E-state index contributed by atoms with van der Waals surface area (Å²) in [6, 6.07) is 8.36. The van der Waals surface area contributed by atoms with Crippen LogP contribution in [0.15, 0.2) is 28.7 Å². The molecule has 1 N–H and O–H groups in total. The van der Waals surface area contributed by atoms with Crippen molar-refractivity contribution < 1.29 is 4.79 Å². The van der Waals surface area contributed by atoms with Crippen molar-refractivity contribution >= 4 is 21.7 Å². The van der Waals surface area contributed by atoms with E-state index in [2.05, 4.69) is 39.4 Å². The maximum atomic E-state index is 11.1.